The molecule has 2 aliphatic rings. The molecule has 0 N–H and O–H groups in total. The van der Waals surface area contributed by atoms with Crippen molar-refractivity contribution in [2.45, 2.75) is 18.9 Å². The van der Waals surface area contributed by atoms with Crippen molar-refractivity contribution in [3.8, 4) is 11.5 Å². The highest BCUT2D eigenvalue weighted by Crippen LogP contribution is 2.40. The van der Waals surface area contributed by atoms with E-state index in [4.69, 9.17) is 37.4 Å². The van der Waals surface area contributed by atoms with Crippen molar-refractivity contribution in [3.63, 3.8) is 0 Å². The summed E-state index contributed by atoms with van der Waals surface area (Å²) >= 11 is 12.0. The molecule has 0 atom stereocenters. The first-order chi connectivity index (χ1) is 13.6. The zero-order valence-electron chi connectivity index (χ0n) is 14.9. The summed E-state index contributed by atoms with van der Waals surface area (Å²) in [5.41, 5.74) is 0.745. The summed E-state index contributed by atoms with van der Waals surface area (Å²) in [4.78, 5) is 18.6. The fourth-order valence-corrected chi connectivity index (χ4v) is 3.59. The van der Waals surface area contributed by atoms with E-state index in [1.165, 1.54) is 6.08 Å². The fraction of sp³-hybridized carbons (Fsp3) is 0.300. The van der Waals surface area contributed by atoms with E-state index >= 15 is 0 Å². The van der Waals surface area contributed by atoms with Crippen LogP contribution in [0.3, 0.4) is 0 Å². The molecule has 146 valence electrons. The number of anilines is 1. The second-order valence-electron chi connectivity index (χ2n) is 6.53. The Balaban J connectivity index is 1.29. The van der Waals surface area contributed by atoms with E-state index in [2.05, 4.69) is 9.88 Å². The van der Waals surface area contributed by atoms with Gasteiger partial charge in [0.2, 0.25) is 6.79 Å². The molecule has 8 heteroatoms. The average Bonchev–Trinajstić information content (AvgIpc) is 3.17. The Kier molecular flexibility index (Phi) is 5.59. The van der Waals surface area contributed by atoms with E-state index in [0.29, 0.717) is 21.5 Å². The second-order valence-corrected chi connectivity index (χ2v) is 7.37. The minimum atomic E-state index is -0.378. The summed E-state index contributed by atoms with van der Waals surface area (Å²) in [5.74, 6) is 1.61. The third-order valence-corrected chi connectivity index (χ3v) is 5.13. The summed E-state index contributed by atoms with van der Waals surface area (Å²) in [6.07, 6.45) is 6.08. The number of nitrogens with zero attached hydrogens (tertiary/aromatic N) is 2. The number of esters is 1. The molecular formula is C20H18Cl2N2O4. The predicted octanol–water partition coefficient (Wildman–Crippen LogP) is 4.34. The van der Waals surface area contributed by atoms with Crippen molar-refractivity contribution >= 4 is 41.1 Å². The van der Waals surface area contributed by atoms with Crippen LogP contribution in [-0.4, -0.2) is 36.9 Å². The maximum Gasteiger partial charge on any atom is 0.331 e. The Bertz CT molecular complexity index is 894. The third kappa shape index (κ3) is 4.34. The number of aromatic nitrogens is 1. The Morgan fingerprint density at radius 2 is 2.04 bits per heavy atom. The maximum absolute atomic E-state index is 12.2. The van der Waals surface area contributed by atoms with Gasteiger partial charge < -0.3 is 19.1 Å². The lowest BCUT2D eigenvalue weighted by molar-refractivity contribution is -0.143. The first-order valence-electron chi connectivity index (χ1n) is 8.93. The van der Waals surface area contributed by atoms with E-state index in [-0.39, 0.29) is 18.9 Å². The predicted molar refractivity (Wildman–Crippen MR) is 107 cm³/mol. The number of halogens is 2. The topological polar surface area (TPSA) is 60.9 Å². The van der Waals surface area contributed by atoms with Gasteiger partial charge in [0.15, 0.2) is 11.5 Å². The zero-order valence-corrected chi connectivity index (χ0v) is 16.4. The van der Waals surface area contributed by atoms with Gasteiger partial charge in [0.1, 0.15) is 11.9 Å². The van der Waals surface area contributed by atoms with E-state index < -0.39 is 0 Å². The fourth-order valence-electron chi connectivity index (χ4n) is 3.21. The summed E-state index contributed by atoms with van der Waals surface area (Å²) < 4.78 is 16.2. The van der Waals surface area contributed by atoms with Gasteiger partial charge in [-0.25, -0.2) is 9.78 Å². The van der Waals surface area contributed by atoms with Crippen LogP contribution in [0.1, 0.15) is 18.4 Å². The molecule has 0 unspecified atom stereocenters. The van der Waals surface area contributed by atoms with Crippen molar-refractivity contribution in [3.05, 3.63) is 52.1 Å². The SMILES string of the molecule is O=C(C=Cc1cc(Cl)c2c(c1)OCO2)OC1CCN(c2ccc(Cl)cn2)CC1. The third-order valence-electron chi connectivity index (χ3n) is 4.62. The molecule has 1 aromatic carbocycles. The van der Waals surface area contributed by atoms with Crippen LogP contribution in [0.2, 0.25) is 10.0 Å². The van der Waals surface area contributed by atoms with Crippen LogP contribution < -0.4 is 14.4 Å². The number of rotatable bonds is 4. The van der Waals surface area contributed by atoms with Gasteiger partial charge in [-0.2, -0.15) is 0 Å². The zero-order chi connectivity index (χ0) is 19.5. The number of hydrogen-bond donors (Lipinski definition) is 0. The standard InChI is InChI=1S/C20H18Cl2N2O4/c21-14-2-3-18(23-11-14)24-7-5-15(6-8-24)28-19(25)4-1-13-9-16(22)20-17(10-13)26-12-27-20/h1-4,9-11,15H,5-8,12H2. The number of fused-ring (bicyclic) bond motifs is 1. The van der Waals surface area contributed by atoms with Gasteiger partial charge in [0, 0.05) is 38.2 Å². The van der Waals surface area contributed by atoms with Crippen molar-refractivity contribution < 1.29 is 19.0 Å². The molecule has 0 saturated carbocycles. The van der Waals surface area contributed by atoms with Gasteiger partial charge in [0.25, 0.3) is 0 Å². The van der Waals surface area contributed by atoms with Crippen LogP contribution in [0.25, 0.3) is 6.08 Å². The molecule has 6 nitrogen and oxygen atoms in total. The molecule has 1 fully saturated rings. The smallest absolute Gasteiger partial charge is 0.331 e. The summed E-state index contributed by atoms with van der Waals surface area (Å²) in [6, 6.07) is 7.21. The van der Waals surface area contributed by atoms with Gasteiger partial charge in [-0.1, -0.05) is 23.2 Å². The highest BCUT2D eigenvalue weighted by atomic mass is 35.5. The number of hydrogen-bond acceptors (Lipinski definition) is 6. The Morgan fingerprint density at radius 1 is 1.21 bits per heavy atom. The van der Waals surface area contributed by atoms with Crippen LogP contribution in [0.5, 0.6) is 11.5 Å². The second kappa shape index (κ2) is 8.29. The van der Waals surface area contributed by atoms with Gasteiger partial charge in [-0.15, -0.1) is 0 Å². The first kappa shape index (κ1) is 18.9. The monoisotopic (exact) mass is 420 g/mol. The van der Waals surface area contributed by atoms with E-state index in [1.54, 1.807) is 24.4 Å². The van der Waals surface area contributed by atoms with Crippen molar-refractivity contribution in [2.75, 3.05) is 24.8 Å². The lowest BCUT2D eigenvalue weighted by Gasteiger charge is -2.32. The van der Waals surface area contributed by atoms with Gasteiger partial charge in [0.05, 0.1) is 10.0 Å². The summed E-state index contributed by atoms with van der Waals surface area (Å²) in [6.45, 7) is 1.69. The van der Waals surface area contributed by atoms with Gasteiger partial charge in [-0.3, -0.25) is 0 Å². The Hall–Kier alpha value is -2.44. The van der Waals surface area contributed by atoms with Crippen LogP contribution in [0, 0.1) is 0 Å². The number of carbonyl (C=O) groups is 1. The lowest BCUT2D eigenvalue weighted by Crippen LogP contribution is -2.38. The first-order valence-corrected chi connectivity index (χ1v) is 9.68. The number of piperidine rings is 1. The lowest BCUT2D eigenvalue weighted by atomic mass is 10.1. The maximum atomic E-state index is 12.2. The molecule has 0 bridgehead atoms. The summed E-state index contributed by atoms with van der Waals surface area (Å²) in [7, 11) is 0. The van der Waals surface area contributed by atoms with Gasteiger partial charge >= 0.3 is 5.97 Å². The van der Waals surface area contributed by atoms with E-state index in [1.807, 2.05) is 12.1 Å². The van der Waals surface area contributed by atoms with Crippen LogP contribution in [0.4, 0.5) is 5.82 Å². The molecule has 4 rings (SSSR count). The van der Waals surface area contributed by atoms with E-state index in [9.17, 15) is 4.79 Å². The Morgan fingerprint density at radius 3 is 2.79 bits per heavy atom. The molecule has 2 aliphatic heterocycles. The summed E-state index contributed by atoms with van der Waals surface area (Å²) in [5, 5.41) is 1.06. The largest absolute Gasteiger partial charge is 0.459 e. The minimum absolute atomic E-state index is 0.110. The van der Waals surface area contributed by atoms with Gasteiger partial charge in [-0.05, 0) is 35.9 Å². The molecular weight excluding hydrogens is 403 g/mol. The Labute approximate surface area is 172 Å². The molecule has 2 aromatic rings. The van der Waals surface area contributed by atoms with Crippen LogP contribution in [-0.2, 0) is 9.53 Å². The van der Waals surface area contributed by atoms with Crippen LogP contribution in [0.15, 0.2) is 36.5 Å². The van der Waals surface area contributed by atoms with E-state index in [0.717, 1.165) is 37.3 Å². The highest BCUT2D eigenvalue weighted by molar-refractivity contribution is 6.32. The number of carbonyl (C=O) groups excluding carboxylic acids is 1. The quantitative estimate of drug-likeness (QED) is 0.541. The number of ether oxygens (including phenoxy) is 3. The molecule has 3 heterocycles. The molecule has 0 spiro atoms. The normalized spacial score (nSPS) is 16.6. The molecule has 0 amide bonds. The molecule has 1 saturated heterocycles. The molecule has 28 heavy (non-hydrogen) atoms. The minimum Gasteiger partial charge on any atom is -0.459 e. The average molecular weight is 421 g/mol. The van der Waals surface area contributed by atoms with Crippen molar-refractivity contribution in [1.29, 1.82) is 0 Å². The number of benzene rings is 1. The van der Waals surface area contributed by atoms with Crippen molar-refractivity contribution in [1.82, 2.24) is 4.98 Å². The van der Waals surface area contributed by atoms with Crippen LogP contribution >= 0.6 is 23.2 Å². The number of pyridine rings is 1. The molecule has 1 aromatic heterocycles. The van der Waals surface area contributed by atoms with Crippen molar-refractivity contribution in [2.24, 2.45) is 0 Å². The molecule has 0 radical (unpaired) electrons. The highest BCUT2D eigenvalue weighted by Gasteiger charge is 2.22. The molecule has 0 aliphatic carbocycles.